The van der Waals surface area contributed by atoms with Gasteiger partial charge in [0.15, 0.2) is 5.16 Å². The molecule has 1 aromatic rings. The van der Waals surface area contributed by atoms with Gasteiger partial charge in [-0.05, 0) is 34.0 Å². The van der Waals surface area contributed by atoms with Crippen LogP contribution in [0, 0.1) is 0 Å². The van der Waals surface area contributed by atoms with E-state index in [1.807, 2.05) is 6.26 Å². The molecule has 4 N–H and O–H groups in total. The Kier molecular flexibility index (Phi) is 8.47. The van der Waals surface area contributed by atoms with Gasteiger partial charge >= 0.3 is 10.4 Å². The van der Waals surface area contributed by atoms with E-state index < -0.39 is 10.4 Å². The lowest BCUT2D eigenvalue weighted by Gasteiger charge is -2.12. The Hall–Kier alpha value is -1.17. The van der Waals surface area contributed by atoms with Crippen LogP contribution in [0.15, 0.2) is 5.16 Å². The van der Waals surface area contributed by atoms with Crippen LogP contribution in [-0.4, -0.2) is 50.8 Å². The van der Waals surface area contributed by atoms with Gasteiger partial charge < -0.3 is 10.6 Å². The zero-order chi connectivity index (χ0) is 16.6. The second kappa shape index (κ2) is 8.97. The first-order valence-electron chi connectivity index (χ1n) is 6.04. The molecular weight excluding hydrogens is 318 g/mol. The molecule has 122 valence electrons. The molecule has 9 nitrogen and oxygen atoms in total. The van der Waals surface area contributed by atoms with Crippen LogP contribution in [0.1, 0.15) is 27.7 Å². The zero-order valence-electron chi connectivity index (χ0n) is 12.5. The summed E-state index contributed by atoms with van der Waals surface area (Å²) < 4.78 is 31.6. The molecule has 0 radical (unpaired) electrons. The third-order valence-corrected chi connectivity index (χ3v) is 2.18. The summed E-state index contributed by atoms with van der Waals surface area (Å²) in [5.41, 5.74) is 0. The van der Waals surface area contributed by atoms with E-state index in [2.05, 4.69) is 53.3 Å². The number of hydrogen-bond acceptors (Lipinski definition) is 8. The minimum atomic E-state index is -4.67. The number of thioether (sulfide) groups is 1. The molecule has 0 spiro atoms. The van der Waals surface area contributed by atoms with Crippen LogP contribution in [0.3, 0.4) is 0 Å². The van der Waals surface area contributed by atoms with E-state index in [1.165, 1.54) is 11.8 Å². The minimum absolute atomic E-state index is 0.309. The lowest BCUT2D eigenvalue weighted by atomic mass is 10.4. The molecule has 11 heteroatoms. The Morgan fingerprint density at radius 1 is 0.952 bits per heavy atom. The van der Waals surface area contributed by atoms with Gasteiger partial charge in [0.2, 0.25) is 11.9 Å². The lowest BCUT2D eigenvalue weighted by Crippen LogP contribution is -2.17. The van der Waals surface area contributed by atoms with E-state index in [1.54, 1.807) is 0 Å². The predicted octanol–water partition coefficient (Wildman–Crippen LogP) is 1.58. The Labute approximate surface area is 129 Å². The highest BCUT2D eigenvalue weighted by Crippen LogP contribution is 2.14. The average molecular weight is 339 g/mol. The van der Waals surface area contributed by atoms with Crippen molar-refractivity contribution in [2.75, 3.05) is 16.9 Å². The quantitative estimate of drug-likeness (QED) is 0.462. The molecule has 21 heavy (non-hydrogen) atoms. The molecule has 0 amide bonds. The molecule has 0 fully saturated rings. The van der Waals surface area contributed by atoms with Crippen LogP contribution in [0.25, 0.3) is 0 Å². The topological polar surface area (TPSA) is 137 Å². The fourth-order valence-electron chi connectivity index (χ4n) is 1.09. The monoisotopic (exact) mass is 339 g/mol. The summed E-state index contributed by atoms with van der Waals surface area (Å²) in [6.45, 7) is 8.21. The molecule has 1 aromatic heterocycles. The molecule has 0 saturated carbocycles. The number of anilines is 2. The molecule has 0 aromatic carbocycles. The molecule has 0 unspecified atom stereocenters. The predicted molar refractivity (Wildman–Crippen MR) is 83.3 cm³/mol. The maximum atomic E-state index is 8.74. The largest absolute Gasteiger partial charge is 0.394 e. The van der Waals surface area contributed by atoms with Gasteiger partial charge in [0.25, 0.3) is 0 Å². The second-order valence-electron chi connectivity index (χ2n) is 4.52. The highest BCUT2D eigenvalue weighted by molar-refractivity contribution is 7.98. The van der Waals surface area contributed by atoms with Crippen LogP contribution in [-0.2, 0) is 10.4 Å². The highest BCUT2D eigenvalue weighted by atomic mass is 32.3. The van der Waals surface area contributed by atoms with Gasteiger partial charge in [-0.25, -0.2) is 0 Å². The Bertz CT molecular complexity index is 500. The molecular formula is C10H21N5O4S2. The van der Waals surface area contributed by atoms with E-state index in [-0.39, 0.29) is 0 Å². The number of nitrogens with one attached hydrogen (secondary N) is 2. The van der Waals surface area contributed by atoms with E-state index in [4.69, 9.17) is 17.5 Å². The van der Waals surface area contributed by atoms with Crippen LogP contribution in [0.4, 0.5) is 11.9 Å². The van der Waals surface area contributed by atoms with Gasteiger partial charge in [0.05, 0.1) is 0 Å². The Morgan fingerprint density at radius 2 is 1.29 bits per heavy atom. The van der Waals surface area contributed by atoms with Crippen molar-refractivity contribution in [2.45, 2.75) is 44.9 Å². The number of rotatable bonds is 5. The summed E-state index contributed by atoms with van der Waals surface area (Å²) in [5, 5.41) is 7.08. The second-order valence-corrected chi connectivity index (χ2v) is 6.18. The van der Waals surface area contributed by atoms with Crippen molar-refractivity contribution in [3.63, 3.8) is 0 Å². The third-order valence-electron chi connectivity index (χ3n) is 1.63. The fourth-order valence-corrected chi connectivity index (χ4v) is 1.45. The van der Waals surface area contributed by atoms with Gasteiger partial charge in [0.1, 0.15) is 0 Å². The highest BCUT2D eigenvalue weighted by Gasteiger charge is 2.07. The molecule has 0 atom stereocenters. The molecule has 0 saturated heterocycles. The summed E-state index contributed by atoms with van der Waals surface area (Å²) in [6.07, 6.45) is 1.95. The van der Waals surface area contributed by atoms with E-state index in [9.17, 15) is 0 Å². The SMILES string of the molecule is CSc1nc(NC(C)C)nc(NC(C)C)n1.O=S(=O)(O)O. The van der Waals surface area contributed by atoms with Crippen molar-refractivity contribution in [3.8, 4) is 0 Å². The summed E-state index contributed by atoms with van der Waals surface area (Å²) in [6, 6.07) is 0.619. The van der Waals surface area contributed by atoms with Crippen LogP contribution < -0.4 is 10.6 Å². The first-order chi connectivity index (χ1) is 9.51. The lowest BCUT2D eigenvalue weighted by molar-refractivity contribution is 0.381. The standard InChI is InChI=1S/C10H19N5S.H2O4S/c1-6(2)11-8-13-9(12-7(3)4)15-10(14-8)16-5;1-5(2,3)4/h6-7H,1-5H3,(H2,11,12,13,14,15);(H2,1,2,3,4). The maximum absolute atomic E-state index is 8.74. The van der Waals surface area contributed by atoms with Crippen molar-refractivity contribution in [3.05, 3.63) is 0 Å². The third kappa shape index (κ3) is 12.3. The minimum Gasteiger partial charge on any atom is -0.352 e. The van der Waals surface area contributed by atoms with Crippen LogP contribution in [0.2, 0.25) is 0 Å². The smallest absolute Gasteiger partial charge is 0.352 e. The van der Waals surface area contributed by atoms with Gasteiger partial charge in [-0.2, -0.15) is 23.4 Å². The summed E-state index contributed by atoms with van der Waals surface area (Å²) >= 11 is 1.51. The number of aromatic nitrogens is 3. The molecule has 1 heterocycles. The molecule has 0 aliphatic rings. The van der Waals surface area contributed by atoms with E-state index in [0.29, 0.717) is 24.0 Å². The summed E-state index contributed by atoms with van der Waals surface area (Å²) in [5.74, 6) is 1.25. The molecule has 1 rings (SSSR count). The Morgan fingerprint density at radius 3 is 1.52 bits per heavy atom. The first-order valence-corrected chi connectivity index (χ1v) is 8.66. The van der Waals surface area contributed by atoms with Crippen molar-refractivity contribution >= 4 is 34.1 Å². The maximum Gasteiger partial charge on any atom is 0.394 e. The Balaban J connectivity index is 0.000000690. The van der Waals surface area contributed by atoms with Crippen LogP contribution in [0.5, 0.6) is 0 Å². The van der Waals surface area contributed by atoms with Crippen molar-refractivity contribution in [1.82, 2.24) is 15.0 Å². The van der Waals surface area contributed by atoms with Gasteiger partial charge in [-0.3, -0.25) is 9.11 Å². The van der Waals surface area contributed by atoms with Crippen molar-refractivity contribution in [1.29, 1.82) is 0 Å². The molecule has 0 aliphatic heterocycles. The molecule has 0 bridgehead atoms. The zero-order valence-corrected chi connectivity index (χ0v) is 14.2. The summed E-state index contributed by atoms with van der Waals surface area (Å²) in [7, 11) is -4.67. The van der Waals surface area contributed by atoms with Crippen molar-refractivity contribution < 1.29 is 17.5 Å². The first kappa shape index (κ1) is 19.8. The summed E-state index contributed by atoms with van der Waals surface area (Å²) in [4.78, 5) is 12.9. The fraction of sp³-hybridized carbons (Fsp3) is 0.700. The average Bonchev–Trinajstić information content (AvgIpc) is 2.24. The van der Waals surface area contributed by atoms with Gasteiger partial charge in [-0.15, -0.1) is 0 Å². The van der Waals surface area contributed by atoms with Crippen molar-refractivity contribution in [2.24, 2.45) is 0 Å². The van der Waals surface area contributed by atoms with Gasteiger partial charge in [0, 0.05) is 12.1 Å². The molecule has 0 aliphatic carbocycles. The normalized spacial score (nSPS) is 11.1. The van der Waals surface area contributed by atoms with E-state index in [0.717, 1.165) is 5.16 Å². The number of hydrogen-bond donors (Lipinski definition) is 4. The van der Waals surface area contributed by atoms with E-state index >= 15 is 0 Å². The number of nitrogens with zero attached hydrogens (tertiary/aromatic N) is 3. The van der Waals surface area contributed by atoms with Gasteiger partial charge in [-0.1, -0.05) is 11.8 Å². The van der Waals surface area contributed by atoms with Crippen LogP contribution >= 0.6 is 11.8 Å².